The second-order valence-corrected chi connectivity index (χ2v) is 9.28. The predicted molar refractivity (Wildman–Crippen MR) is 131 cm³/mol. The van der Waals surface area contributed by atoms with Gasteiger partial charge >= 0.3 is 12.2 Å². The zero-order valence-corrected chi connectivity index (χ0v) is 20.8. The van der Waals surface area contributed by atoms with E-state index in [0.29, 0.717) is 48.8 Å². The first-order chi connectivity index (χ1) is 18.1. The maximum Gasteiger partial charge on any atom is 0.414 e. The number of amides is 2. The Kier molecular flexibility index (Phi) is 8.58. The number of aryl methyl sites for hydroxylation is 1. The number of pyridine rings is 1. The zero-order valence-electron chi connectivity index (χ0n) is 20.8. The molecule has 1 aromatic heterocycles. The van der Waals surface area contributed by atoms with Crippen molar-refractivity contribution in [3.05, 3.63) is 35.6 Å². The van der Waals surface area contributed by atoms with E-state index in [1.807, 2.05) is 11.0 Å². The summed E-state index contributed by atoms with van der Waals surface area (Å²) in [5.74, 6) is -0.977. The Hall–Kier alpha value is -3.16. The van der Waals surface area contributed by atoms with E-state index in [1.54, 1.807) is 13.0 Å². The van der Waals surface area contributed by atoms with Crippen molar-refractivity contribution in [1.82, 2.24) is 9.88 Å². The van der Waals surface area contributed by atoms with Crippen molar-refractivity contribution in [1.29, 1.82) is 0 Å². The second kappa shape index (κ2) is 11.7. The number of carbonyl (C=O) groups is 1. The minimum Gasteiger partial charge on any atom is -0.475 e. The van der Waals surface area contributed by atoms with Crippen molar-refractivity contribution in [2.75, 3.05) is 62.8 Å². The molecule has 0 saturated carbocycles. The number of hydrogen-bond acceptors (Lipinski definition) is 7. The fourth-order valence-corrected chi connectivity index (χ4v) is 4.60. The number of carbonyl (C=O) groups excluding carboxylic acids is 1. The maximum atomic E-state index is 14.9. The Labute approximate surface area is 217 Å². The molecular formula is C25H30F4N4O5. The molecule has 2 aliphatic heterocycles. The third kappa shape index (κ3) is 6.45. The lowest BCUT2D eigenvalue weighted by atomic mass is 10.00. The van der Waals surface area contributed by atoms with Crippen molar-refractivity contribution in [3.63, 3.8) is 0 Å². The summed E-state index contributed by atoms with van der Waals surface area (Å²) in [4.78, 5) is 20.4. The Morgan fingerprint density at radius 3 is 2.66 bits per heavy atom. The molecule has 0 radical (unpaired) electrons. The minimum atomic E-state index is -4.78. The quantitative estimate of drug-likeness (QED) is 0.462. The van der Waals surface area contributed by atoms with Crippen LogP contribution in [0.2, 0.25) is 0 Å². The lowest BCUT2D eigenvalue weighted by Gasteiger charge is -2.28. The largest absolute Gasteiger partial charge is 0.475 e. The number of rotatable bonds is 7. The molecule has 4 rings (SSSR count). The van der Waals surface area contributed by atoms with Crippen molar-refractivity contribution in [3.8, 4) is 17.0 Å². The molecule has 2 aliphatic rings. The molecule has 0 aliphatic carbocycles. The standard InChI is InChI=1S/C25H30F4N4O5/c1-15-10-19(26)20(30-24(36)33-3-2-16(14-33)23(35)25(27,28)29)13-18(15)17-11-21(32-4-7-37-8-5-32)31-22(12-17)38-9-6-34/h10-13,16,23,34-35H,2-9,14H2,1H3,(H,30,36). The molecule has 2 unspecified atom stereocenters. The van der Waals surface area contributed by atoms with Crippen LogP contribution in [0, 0.1) is 18.7 Å². The number of nitrogens with one attached hydrogen (secondary N) is 1. The van der Waals surface area contributed by atoms with Crippen molar-refractivity contribution < 1.29 is 42.0 Å². The van der Waals surface area contributed by atoms with E-state index >= 15 is 0 Å². The van der Waals surface area contributed by atoms with Gasteiger partial charge in [0.25, 0.3) is 0 Å². The number of alkyl halides is 3. The molecule has 2 amide bonds. The summed E-state index contributed by atoms with van der Waals surface area (Å²) in [5.41, 5.74) is 1.65. The molecule has 1 aromatic carbocycles. The average molecular weight is 543 g/mol. The van der Waals surface area contributed by atoms with Crippen molar-refractivity contribution in [2.45, 2.75) is 25.6 Å². The van der Waals surface area contributed by atoms with E-state index in [2.05, 4.69) is 10.3 Å². The van der Waals surface area contributed by atoms with Gasteiger partial charge in [-0.15, -0.1) is 0 Å². The monoisotopic (exact) mass is 542 g/mol. The Morgan fingerprint density at radius 2 is 1.97 bits per heavy atom. The van der Waals surface area contributed by atoms with Gasteiger partial charge in [0.15, 0.2) is 6.10 Å². The van der Waals surface area contributed by atoms with Gasteiger partial charge in [-0.05, 0) is 48.2 Å². The highest BCUT2D eigenvalue weighted by molar-refractivity contribution is 5.91. The molecule has 9 nitrogen and oxygen atoms in total. The Morgan fingerprint density at radius 1 is 1.24 bits per heavy atom. The number of halogens is 4. The van der Waals surface area contributed by atoms with Gasteiger partial charge in [0, 0.05) is 38.2 Å². The molecule has 3 N–H and O–H groups in total. The van der Waals surface area contributed by atoms with Crippen LogP contribution in [0.15, 0.2) is 24.3 Å². The molecule has 13 heteroatoms. The number of nitrogens with zero attached hydrogens (tertiary/aromatic N) is 3. The molecule has 0 spiro atoms. The molecule has 3 heterocycles. The van der Waals surface area contributed by atoms with Crippen LogP contribution >= 0.6 is 0 Å². The first-order valence-electron chi connectivity index (χ1n) is 12.3. The Bertz CT molecular complexity index is 1140. The van der Waals surface area contributed by atoms with Gasteiger partial charge in [0.05, 0.1) is 25.5 Å². The molecule has 208 valence electrons. The van der Waals surface area contributed by atoms with Crippen LogP contribution in [0.3, 0.4) is 0 Å². The van der Waals surface area contributed by atoms with E-state index < -0.39 is 30.0 Å². The van der Waals surface area contributed by atoms with Crippen LogP contribution in [-0.4, -0.2) is 91.0 Å². The summed E-state index contributed by atoms with van der Waals surface area (Å²) in [6, 6.07) is 5.41. The van der Waals surface area contributed by atoms with Gasteiger partial charge < -0.3 is 34.8 Å². The smallest absolute Gasteiger partial charge is 0.414 e. The first kappa shape index (κ1) is 27.9. The predicted octanol–water partition coefficient (Wildman–Crippen LogP) is 3.18. The van der Waals surface area contributed by atoms with Crippen LogP contribution in [0.1, 0.15) is 12.0 Å². The number of ether oxygens (including phenoxy) is 2. The summed E-state index contributed by atoms with van der Waals surface area (Å²) in [6.07, 6.45) is -7.33. The zero-order chi connectivity index (χ0) is 27.4. The van der Waals surface area contributed by atoms with Crippen LogP contribution < -0.4 is 15.0 Å². The molecule has 2 fully saturated rings. The molecular weight excluding hydrogens is 512 g/mol. The average Bonchev–Trinajstić information content (AvgIpc) is 3.38. The third-order valence-corrected chi connectivity index (χ3v) is 6.63. The fraction of sp³-hybridized carbons (Fsp3) is 0.520. The first-order valence-corrected chi connectivity index (χ1v) is 12.3. The van der Waals surface area contributed by atoms with Gasteiger partial charge in [0.2, 0.25) is 5.88 Å². The number of aliphatic hydroxyl groups is 2. The highest BCUT2D eigenvalue weighted by atomic mass is 19.4. The summed E-state index contributed by atoms with van der Waals surface area (Å²) in [7, 11) is 0. The van der Waals surface area contributed by atoms with Gasteiger partial charge in [-0.25, -0.2) is 9.18 Å². The van der Waals surface area contributed by atoms with Gasteiger partial charge in [-0.2, -0.15) is 18.2 Å². The number of likely N-dealkylation sites (tertiary alicyclic amines) is 1. The summed E-state index contributed by atoms with van der Waals surface area (Å²) in [6.45, 7) is 3.51. The van der Waals surface area contributed by atoms with Gasteiger partial charge in [-0.1, -0.05) is 0 Å². The number of aromatic nitrogens is 1. The van der Waals surface area contributed by atoms with Gasteiger partial charge in [-0.3, -0.25) is 0 Å². The number of morpholine rings is 1. The SMILES string of the molecule is Cc1cc(F)c(NC(=O)N2CCC(C(O)C(F)(F)F)C2)cc1-c1cc(OCCO)nc(N2CCOCC2)c1. The van der Waals surface area contributed by atoms with Crippen LogP contribution in [-0.2, 0) is 4.74 Å². The molecule has 2 atom stereocenters. The van der Waals surface area contributed by atoms with Crippen LogP contribution in [0.5, 0.6) is 5.88 Å². The van der Waals surface area contributed by atoms with Crippen molar-refractivity contribution >= 4 is 17.5 Å². The van der Waals surface area contributed by atoms with E-state index in [4.69, 9.17) is 14.6 Å². The van der Waals surface area contributed by atoms with Gasteiger partial charge in [0.1, 0.15) is 18.2 Å². The molecule has 2 aromatic rings. The van der Waals surface area contributed by atoms with E-state index in [9.17, 15) is 27.5 Å². The Balaban J connectivity index is 1.58. The third-order valence-electron chi connectivity index (χ3n) is 6.63. The van der Waals surface area contributed by atoms with E-state index in [0.717, 1.165) is 4.90 Å². The van der Waals surface area contributed by atoms with Crippen LogP contribution in [0.4, 0.5) is 33.9 Å². The lowest BCUT2D eigenvalue weighted by Crippen LogP contribution is -2.39. The minimum absolute atomic E-state index is 0.00278. The topological polar surface area (TPSA) is 107 Å². The number of urea groups is 1. The highest BCUT2D eigenvalue weighted by Gasteiger charge is 2.46. The number of hydrogen-bond donors (Lipinski definition) is 3. The summed E-state index contributed by atoms with van der Waals surface area (Å²) < 4.78 is 64.4. The molecule has 0 bridgehead atoms. The lowest BCUT2D eigenvalue weighted by molar-refractivity contribution is -0.217. The van der Waals surface area contributed by atoms with E-state index in [1.165, 1.54) is 12.1 Å². The number of anilines is 2. The number of aliphatic hydroxyl groups excluding tert-OH is 2. The molecule has 2 saturated heterocycles. The fourth-order valence-electron chi connectivity index (χ4n) is 4.60. The van der Waals surface area contributed by atoms with Crippen LogP contribution in [0.25, 0.3) is 11.1 Å². The van der Waals surface area contributed by atoms with Crippen molar-refractivity contribution in [2.24, 2.45) is 5.92 Å². The summed E-state index contributed by atoms with van der Waals surface area (Å²) >= 11 is 0. The maximum absolute atomic E-state index is 14.9. The highest BCUT2D eigenvalue weighted by Crippen LogP contribution is 2.34. The summed E-state index contributed by atoms with van der Waals surface area (Å²) in [5, 5.41) is 21.1. The second-order valence-electron chi connectivity index (χ2n) is 9.28. The van der Waals surface area contributed by atoms with E-state index in [-0.39, 0.29) is 44.3 Å². The normalized spacial score (nSPS) is 19.0. The molecule has 38 heavy (non-hydrogen) atoms. The number of benzene rings is 1.